The summed E-state index contributed by atoms with van der Waals surface area (Å²) in [5.41, 5.74) is 0.954. The predicted octanol–water partition coefficient (Wildman–Crippen LogP) is 2.47. The maximum Gasteiger partial charge on any atom is 0.269 e. The Kier molecular flexibility index (Phi) is 6.66. The van der Waals surface area contributed by atoms with E-state index >= 15 is 0 Å². The van der Waals surface area contributed by atoms with Crippen LogP contribution < -0.4 is 16.0 Å². The summed E-state index contributed by atoms with van der Waals surface area (Å²) >= 11 is 6.34. The number of carbonyl (C=O) groups is 3. The maximum atomic E-state index is 13.0. The van der Waals surface area contributed by atoms with Gasteiger partial charge in [-0.2, -0.15) is 5.26 Å². The summed E-state index contributed by atoms with van der Waals surface area (Å²) in [5, 5.41) is 18.7. The molecule has 9 heteroatoms. The normalized spacial score (nSPS) is 20.1. The third kappa shape index (κ3) is 5.05. The van der Waals surface area contributed by atoms with Crippen LogP contribution in [0.3, 0.4) is 0 Å². The summed E-state index contributed by atoms with van der Waals surface area (Å²) in [4.78, 5) is 38.0. The number of aromatic nitrogens is 1. The first kappa shape index (κ1) is 22.2. The second-order valence-electron chi connectivity index (χ2n) is 8.63. The van der Waals surface area contributed by atoms with E-state index in [1.807, 2.05) is 24.3 Å². The second kappa shape index (κ2) is 9.61. The number of nitrogens with one attached hydrogen (secondary N) is 3. The van der Waals surface area contributed by atoms with E-state index in [1.165, 1.54) is 4.09 Å². The van der Waals surface area contributed by atoms with E-state index in [2.05, 4.69) is 22.0 Å². The Balaban J connectivity index is 1.44. The van der Waals surface area contributed by atoms with Gasteiger partial charge in [0, 0.05) is 29.6 Å². The number of fused-ring (bicyclic) bond motifs is 1. The van der Waals surface area contributed by atoms with Crippen molar-refractivity contribution < 1.29 is 14.4 Å². The Hall–Kier alpha value is -3.05. The molecule has 0 bridgehead atoms. The van der Waals surface area contributed by atoms with Gasteiger partial charge in [0.15, 0.2) is 0 Å². The van der Waals surface area contributed by atoms with Crippen LogP contribution in [0.4, 0.5) is 0 Å². The molecular formula is C23H26ClN5O3. The minimum absolute atomic E-state index is 0.0801. The molecule has 0 spiro atoms. The van der Waals surface area contributed by atoms with Gasteiger partial charge in [0.25, 0.3) is 5.91 Å². The number of carbonyl (C=O) groups excluding carboxylic acids is 3. The molecule has 1 aromatic carbocycles. The molecule has 1 aromatic heterocycles. The predicted molar refractivity (Wildman–Crippen MR) is 120 cm³/mol. The van der Waals surface area contributed by atoms with Crippen LogP contribution in [0, 0.1) is 23.2 Å². The Morgan fingerprint density at radius 3 is 2.69 bits per heavy atom. The van der Waals surface area contributed by atoms with Crippen molar-refractivity contribution in [2.45, 2.75) is 50.6 Å². The molecule has 2 heterocycles. The minimum atomic E-state index is -0.797. The summed E-state index contributed by atoms with van der Waals surface area (Å²) < 4.78 is 1.29. The highest BCUT2D eigenvalue weighted by Crippen LogP contribution is 2.34. The van der Waals surface area contributed by atoms with Gasteiger partial charge in [-0.3, -0.25) is 14.4 Å². The number of hydrogen-bond donors (Lipinski definition) is 3. The number of nitrogens with zero attached hydrogens (tertiary/aromatic N) is 2. The SMILES string of the molecule is N#C[C@H](C[C@@H]1CCCNC1=O)NC(=O)[C@H](CC1CC1)NC(=O)c1cc2ccccc2n1Cl. The minimum Gasteiger partial charge on any atom is -0.356 e. The summed E-state index contributed by atoms with van der Waals surface area (Å²) in [6.07, 6.45) is 4.34. The molecule has 4 rings (SSSR count). The van der Waals surface area contributed by atoms with Gasteiger partial charge < -0.3 is 16.0 Å². The molecule has 3 amide bonds. The second-order valence-corrected chi connectivity index (χ2v) is 8.97. The lowest BCUT2D eigenvalue weighted by atomic mass is 9.92. The third-order valence-electron chi connectivity index (χ3n) is 6.16. The Morgan fingerprint density at radius 2 is 2.00 bits per heavy atom. The quantitative estimate of drug-likeness (QED) is 0.566. The monoisotopic (exact) mass is 455 g/mol. The first-order chi connectivity index (χ1) is 15.5. The van der Waals surface area contributed by atoms with Crippen molar-refractivity contribution in [2.24, 2.45) is 11.8 Å². The molecule has 0 radical (unpaired) electrons. The molecule has 1 aliphatic heterocycles. The Morgan fingerprint density at radius 1 is 1.22 bits per heavy atom. The van der Waals surface area contributed by atoms with Gasteiger partial charge >= 0.3 is 0 Å². The van der Waals surface area contributed by atoms with Crippen LogP contribution in [0.2, 0.25) is 0 Å². The van der Waals surface area contributed by atoms with E-state index in [0.717, 1.165) is 24.6 Å². The third-order valence-corrected chi connectivity index (χ3v) is 6.53. The number of hydrogen-bond acceptors (Lipinski definition) is 4. The average Bonchev–Trinajstić information content (AvgIpc) is 3.55. The lowest BCUT2D eigenvalue weighted by molar-refractivity contribution is -0.128. The number of halogens is 1. The van der Waals surface area contributed by atoms with Crippen molar-refractivity contribution in [2.75, 3.05) is 6.54 Å². The fourth-order valence-corrected chi connectivity index (χ4v) is 4.47. The van der Waals surface area contributed by atoms with E-state index in [1.54, 1.807) is 6.07 Å². The average molecular weight is 456 g/mol. The van der Waals surface area contributed by atoms with Gasteiger partial charge in [0.1, 0.15) is 17.8 Å². The highest BCUT2D eigenvalue weighted by Gasteiger charge is 2.33. The Labute approximate surface area is 191 Å². The van der Waals surface area contributed by atoms with Crippen molar-refractivity contribution in [3.05, 3.63) is 36.0 Å². The van der Waals surface area contributed by atoms with Crippen molar-refractivity contribution in [3.8, 4) is 6.07 Å². The topological polar surface area (TPSA) is 116 Å². The Bertz CT molecular complexity index is 1070. The fourth-order valence-electron chi connectivity index (χ4n) is 4.19. The molecule has 1 saturated carbocycles. The zero-order valence-electron chi connectivity index (χ0n) is 17.6. The summed E-state index contributed by atoms with van der Waals surface area (Å²) in [5.74, 6) is -0.861. The number of para-hydroxylation sites is 1. The highest BCUT2D eigenvalue weighted by atomic mass is 35.5. The van der Waals surface area contributed by atoms with Gasteiger partial charge in [-0.05, 0) is 43.7 Å². The van der Waals surface area contributed by atoms with Crippen LogP contribution in [0.15, 0.2) is 30.3 Å². The molecule has 1 aliphatic carbocycles. The molecule has 8 nitrogen and oxygen atoms in total. The zero-order chi connectivity index (χ0) is 22.7. The summed E-state index contributed by atoms with van der Waals surface area (Å²) in [6, 6.07) is 9.56. The molecule has 3 atom stereocenters. The molecule has 2 aromatic rings. The number of benzene rings is 1. The highest BCUT2D eigenvalue weighted by molar-refractivity contribution is 6.22. The van der Waals surface area contributed by atoms with E-state index in [0.29, 0.717) is 30.8 Å². The summed E-state index contributed by atoms with van der Waals surface area (Å²) in [6.45, 7) is 0.645. The molecule has 2 fully saturated rings. The van der Waals surface area contributed by atoms with Crippen LogP contribution in [-0.2, 0) is 9.59 Å². The molecule has 1 saturated heterocycles. The van der Waals surface area contributed by atoms with Crippen LogP contribution in [0.5, 0.6) is 0 Å². The van der Waals surface area contributed by atoms with Gasteiger partial charge in [-0.1, -0.05) is 31.0 Å². The lowest BCUT2D eigenvalue weighted by Crippen LogP contribution is -2.50. The number of nitriles is 1. The van der Waals surface area contributed by atoms with Crippen LogP contribution in [0.25, 0.3) is 10.9 Å². The van der Waals surface area contributed by atoms with Gasteiger partial charge in [-0.15, -0.1) is 0 Å². The van der Waals surface area contributed by atoms with Gasteiger partial charge in [0.05, 0.1) is 11.6 Å². The summed E-state index contributed by atoms with van der Waals surface area (Å²) in [7, 11) is 0. The van der Waals surface area contributed by atoms with Crippen LogP contribution >= 0.6 is 11.8 Å². The molecule has 2 aliphatic rings. The van der Waals surface area contributed by atoms with Crippen molar-refractivity contribution in [3.63, 3.8) is 0 Å². The molecule has 32 heavy (non-hydrogen) atoms. The van der Waals surface area contributed by atoms with Crippen molar-refractivity contribution in [1.29, 1.82) is 5.26 Å². The van der Waals surface area contributed by atoms with Crippen LogP contribution in [-0.4, -0.2) is 40.4 Å². The van der Waals surface area contributed by atoms with E-state index in [4.69, 9.17) is 11.8 Å². The fraction of sp³-hybridized carbons (Fsp3) is 0.478. The molecular weight excluding hydrogens is 430 g/mol. The van der Waals surface area contributed by atoms with E-state index in [9.17, 15) is 19.6 Å². The van der Waals surface area contributed by atoms with E-state index in [-0.39, 0.29) is 23.9 Å². The number of amides is 3. The van der Waals surface area contributed by atoms with E-state index < -0.39 is 23.9 Å². The maximum absolute atomic E-state index is 13.0. The lowest BCUT2D eigenvalue weighted by Gasteiger charge is -2.25. The largest absolute Gasteiger partial charge is 0.356 e. The molecule has 3 N–H and O–H groups in total. The van der Waals surface area contributed by atoms with Gasteiger partial charge in [-0.25, -0.2) is 4.09 Å². The molecule has 0 unspecified atom stereocenters. The number of rotatable bonds is 8. The van der Waals surface area contributed by atoms with Crippen molar-refractivity contribution in [1.82, 2.24) is 20.0 Å². The van der Waals surface area contributed by atoms with Crippen LogP contribution in [0.1, 0.15) is 49.0 Å². The first-order valence-electron chi connectivity index (χ1n) is 11.0. The van der Waals surface area contributed by atoms with Crippen molar-refractivity contribution >= 4 is 40.4 Å². The smallest absolute Gasteiger partial charge is 0.269 e. The van der Waals surface area contributed by atoms with Gasteiger partial charge in [0.2, 0.25) is 11.8 Å². The standard InChI is InChI=1S/C23H26ClN5O3/c24-29-19-6-2-1-4-15(19)12-20(29)23(32)28-18(10-14-7-8-14)22(31)27-17(13-25)11-16-5-3-9-26-21(16)30/h1-2,4,6,12,14,16-18H,3,5,7-11H2,(H,26,30)(H,27,31)(H,28,32)/t16-,17-,18-/m0/s1. The molecule has 168 valence electrons. The first-order valence-corrected chi connectivity index (χ1v) is 11.3. The number of piperidine rings is 1. The zero-order valence-corrected chi connectivity index (χ0v) is 18.4.